The summed E-state index contributed by atoms with van der Waals surface area (Å²) in [6.45, 7) is 13.5. The smallest absolute Gasteiger partial charge is 0 e. The molecule has 33 heavy (non-hydrogen) atoms. The number of allylic oxidation sites excluding steroid dienone is 2. The standard InChI is InChI=1S/C21H26O5.3CO.Fe/c1-25-20-14-10-17(11-15-20)9-12-18(22)7-5-3-4-6-8-19(23)13-16-21(24)26-2;3*1-2;/h3-8,10-11,14-15,18,22H,9,12-13,16H2,1-2H3;;;;/b8-6+;;;;/t18-;;;;/m1..../s1. The normalized spacial score (nSPS) is 9.73. The Labute approximate surface area is 206 Å². The number of benzene rings is 1. The van der Waals surface area contributed by atoms with Gasteiger partial charge in [0.1, 0.15) is 5.75 Å². The molecular formula is C24H26FeO8. The molecule has 0 unspecified atom stereocenters. The number of carbonyl (C=O) groups excluding carboxylic acids is 2. The summed E-state index contributed by atoms with van der Waals surface area (Å²) in [5.74, 6) is 0.286. The zero-order valence-corrected chi connectivity index (χ0v) is 19.4. The fourth-order valence-electron chi connectivity index (χ4n) is 2.10. The molecule has 1 N–H and O–H groups in total. The van der Waals surface area contributed by atoms with Gasteiger partial charge in [-0.1, -0.05) is 18.2 Å². The number of ketones is 1. The molecule has 0 aliphatic heterocycles. The van der Waals surface area contributed by atoms with E-state index >= 15 is 0 Å². The molecule has 0 spiro atoms. The van der Waals surface area contributed by atoms with Crippen molar-refractivity contribution >= 4 is 11.8 Å². The number of rotatable bonds is 13. The third-order valence-electron chi connectivity index (χ3n) is 3.64. The van der Waals surface area contributed by atoms with Crippen LogP contribution < -0.4 is 4.74 Å². The molecule has 0 amide bonds. The molecule has 0 fully saturated rings. The molecule has 0 saturated carbocycles. The second-order valence-electron chi connectivity index (χ2n) is 5.63. The van der Waals surface area contributed by atoms with Gasteiger partial charge >= 0.3 is 39.9 Å². The van der Waals surface area contributed by atoms with Crippen LogP contribution in [-0.4, -0.2) is 37.2 Å². The van der Waals surface area contributed by atoms with Gasteiger partial charge in [-0.05, 0) is 62.3 Å². The molecule has 0 bridgehead atoms. The Morgan fingerprint density at radius 1 is 0.970 bits per heavy atom. The number of hydrogen-bond donors (Lipinski definition) is 1. The van der Waals surface area contributed by atoms with Gasteiger partial charge in [-0.3, -0.25) is 9.59 Å². The second kappa shape index (κ2) is 29.6. The van der Waals surface area contributed by atoms with E-state index in [0.29, 0.717) is 6.42 Å². The molecule has 0 saturated heterocycles. The molecule has 1 rings (SSSR count). The molecule has 1 aromatic carbocycles. The molecule has 4 radical (unpaired) electrons. The maximum atomic E-state index is 11.5. The van der Waals surface area contributed by atoms with Gasteiger partial charge < -0.3 is 14.6 Å². The number of unbranched alkanes of at least 4 members (excludes halogenated alkanes) is 2. The van der Waals surface area contributed by atoms with Crippen LogP contribution >= 0.6 is 0 Å². The van der Waals surface area contributed by atoms with Gasteiger partial charge in [0, 0.05) is 23.5 Å². The Bertz CT molecular complexity index is 678. The SMILES string of the molecule is COC(=O)CCC(=O)/C=C/[CH][CH][CH][CH][C@@H](O)CCc1ccc(OC)cc1.[C-]#[O+].[C-]#[O+].[C-]#[O+].[Fe]. The van der Waals surface area contributed by atoms with Crippen molar-refractivity contribution in [2.24, 2.45) is 0 Å². The predicted octanol–water partition coefficient (Wildman–Crippen LogP) is 2.77. The van der Waals surface area contributed by atoms with Crippen molar-refractivity contribution in [1.82, 2.24) is 0 Å². The van der Waals surface area contributed by atoms with E-state index in [1.807, 2.05) is 24.3 Å². The summed E-state index contributed by atoms with van der Waals surface area (Å²) in [5.41, 5.74) is 1.14. The minimum atomic E-state index is -0.535. The van der Waals surface area contributed by atoms with Gasteiger partial charge in [0.25, 0.3) is 0 Å². The van der Waals surface area contributed by atoms with E-state index in [-0.39, 0.29) is 35.7 Å². The number of carbonyl (C=O) groups is 2. The Morgan fingerprint density at radius 2 is 1.55 bits per heavy atom. The first-order valence-corrected chi connectivity index (χ1v) is 9.08. The topological polar surface area (TPSA) is 133 Å². The van der Waals surface area contributed by atoms with Crippen LogP contribution in [0.3, 0.4) is 0 Å². The zero-order chi connectivity index (χ0) is 25.2. The van der Waals surface area contributed by atoms with Crippen molar-refractivity contribution < 1.29 is 55.2 Å². The first-order chi connectivity index (χ1) is 15.5. The number of esters is 1. The molecule has 1 atom stereocenters. The molecule has 0 aliphatic rings. The van der Waals surface area contributed by atoms with E-state index in [1.165, 1.54) is 13.2 Å². The van der Waals surface area contributed by atoms with E-state index in [0.717, 1.165) is 17.7 Å². The Balaban J connectivity index is -0.000000553. The van der Waals surface area contributed by atoms with Crippen molar-refractivity contribution in [1.29, 1.82) is 0 Å². The van der Waals surface area contributed by atoms with Crippen molar-refractivity contribution in [3.63, 3.8) is 0 Å². The second-order valence-corrected chi connectivity index (χ2v) is 5.63. The minimum absolute atomic E-state index is 0. The summed E-state index contributed by atoms with van der Waals surface area (Å²) in [6.07, 6.45) is 11.0. The number of aliphatic hydroxyl groups excluding tert-OH is 1. The Hall–Kier alpha value is -2.40. The average Bonchev–Trinajstić information content (AvgIpc) is 2.87. The fourth-order valence-corrected chi connectivity index (χ4v) is 2.10. The monoisotopic (exact) mass is 498 g/mol. The number of aliphatic hydroxyl groups is 1. The molecule has 8 nitrogen and oxygen atoms in total. The van der Waals surface area contributed by atoms with Crippen LogP contribution in [0.2, 0.25) is 0 Å². The molecule has 0 aliphatic carbocycles. The van der Waals surface area contributed by atoms with Crippen molar-refractivity contribution in [3.8, 4) is 5.75 Å². The van der Waals surface area contributed by atoms with Crippen LogP contribution in [0.5, 0.6) is 5.75 Å². The average molecular weight is 498 g/mol. The Morgan fingerprint density at radius 3 is 2.06 bits per heavy atom. The quantitative estimate of drug-likeness (QED) is 0.112. The van der Waals surface area contributed by atoms with Crippen LogP contribution in [-0.2, 0) is 51.8 Å². The van der Waals surface area contributed by atoms with Crippen molar-refractivity contribution in [2.45, 2.75) is 31.8 Å². The number of hydrogen-bond acceptors (Lipinski definition) is 5. The summed E-state index contributed by atoms with van der Waals surface area (Å²) < 4.78 is 32.1. The zero-order valence-electron chi connectivity index (χ0n) is 18.3. The van der Waals surface area contributed by atoms with Gasteiger partial charge in [0.2, 0.25) is 0 Å². The molecular weight excluding hydrogens is 472 g/mol. The van der Waals surface area contributed by atoms with E-state index in [4.69, 9.17) is 18.7 Å². The maximum Gasteiger partial charge on any atom is 0 e. The van der Waals surface area contributed by atoms with E-state index in [1.54, 1.807) is 38.9 Å². The van der Waals surface area contributed by atoms with Gasteiger partial charge in [0.05, 0.1) is 26.7 Å². The van der Waals surface area contributed by atoms with Gasteiger partial charge in [-0.2, -0.15) is 0 Å². The van der Waals surface area contributed by atoms with Gasteiger partial charge in [0.15, 0.2) is 5.78 Å². The van der Waals surface area contributed by atoms with Crippen LogP contribution in [0.1, 0.15) is 24.8 Å². The molecule has 0 heterocycles. The van der Waals surface area contributed by atoms with E-state index < -0.39 is 12.1 Å². The summed E-state index contributed by atoms with van der Waals surface area (Å²) >= 11 is 0. The van der Waals surface area contributed by atoms with Crippen LogP contribution in [0.4, 0.5) is 0 Å². The summed E-state index contributed by atoms with van der Waals surface area (Å²) in [5, 5.41) is 9.94. The van der Waals surface area contributed by atoms with E-state index in [9.17, 15) is 14.7 Å². The van der Waals surface area contributed by atoms with Gasteiger partial charge in [-0.25, -0.2) is 0 Å². The third-order valence-corrected chi connectivity index (χ3v) is 3.64. The molecule has 9 heteroatoms. The maximum absolute atomic E-state index is 11.5. The van der Waals surface area contributed by atoms with Crippen molar-refractivity contribution in [3.05, 3.63) is 87.6 Å². The van der Waals surface area contributed by atoms with Crippen LogP contribution in [0, 0.1) is 45.6 Å². The summed E-state index contributed by atoms with van der Waals surface area (Å²) in [7, 11) is 2.92. The number of aryl methyl sites for hydroxylation is 1. The van der Waals surface area contributed by atoms with Crippen molar-refractivity contribution in [2.75, 3.05) is 14.2 Å². The number of ether oxygens (including phenoxy) is 2. The summed E-state index contributed by atoms with van der Waals surface area (Å²) in [4.78, 5) is 22.4. The molecule has 178 valence electrons. The summed E-state index contributed by atoms with van der Waals surface area (Å²) in [6, 6.07) is 7.77. The fraction of sp³-hybridized carbons (Fsp3) is 0.292. The van der Waals surface area contributed by atoms with Gasteiger partial charge in [-0.15, -0.1) is 0 Å². The van der Waals surface area contributed by atoms with E-state index in [2.05, 4.69) is 24.7 Å². The third kappa shape index (κ3) is 24.1. The predicted molar refractivity (Wildman–Crippen MR) is 112 cm³/mol. The molecule has 0 aromatic heterocycles. The minimum Gasteiger partial charge on any atom is 0 e. The Kier molecular flexibility index (Phi) is 34.0. The van der Waals surface area contributed by atoms with Crippen LogP contribution in [0.25, 0.3) is 0 Å². The van der Waals surface area contributed by atoms with Crippen LogP contribution in [0.15, 0.2) is 36.4 Å². The largest absolute Gasteiger partial charge is 0 e. The number of methoxy groups -OCH3 is 2. The first kappa shape index (κ1) is 37.9. The first-order valence-electron chi connectivity index (χ1n) is 9.08. The molecule has 1 aromatic rings.